The number of halogens is 2. The second-order valence-electron chi connectivity index (χ2n) is 7.31. The number of anilines is 2. The average Bonchev–Trinajstić information content (AvgIpc) is 2.97. The summed E-state index contributed by atoms with van der Waals surface area (Å²) in [6.07, 6.45) is 0.0314. The van der Waals surface area contributed by atoms with Crippen molar-refractivity contribution >= 4 is 23.2 Å². The second kappa shape index (κ2) is 7.22. The third-order valence-corrected chi connectivity index (χ3v) is 5.46. The van der Waals surface area contributed by atoms with Gasteiger partial charge >= 0.3 is 0 Å². The molecule has 5 nitrogen and oxygen atoms in total. The van der Waals surface area contributed by atoms with Gasteiger partial charge in [0.1, 0.15) is 11.6 Å². The minimum atomic E-state index is -0.799. The van der Waals surface area contributed by atoms with E-state index in [1.165, 1.54) is 11.0 Å². The van der Waals surface area contributed by atoms with Gasteiger partial charge in [-0.05, 0) is 23.8 Å². The SMILES string of the molecule is CN1CCN(C(=O)C2CC(=O)N(c3ccc(F)cc3F)C2)Cc2ccccc21. The van der Waals surface area contributed by atoms with Gasteiger partial charge in [-0.1, -0.05) is 18.2 Å². The first kappa shape index (κ1) is 18.4. The number of carbonyl (C=O) groups excluding carboxylic acids is 2. The van der Waals surface area contributed by atoms with Crippen molar-refractivity contribution < 1.29 is 18.4 Å². The molecule has 2 heterocycles. The van der Waals surface area contributed by atoms with Crippen LogP contribution >= 0.6 is 0 Å². The topological polar surface area (TPSA) is 43.9 Å². The number of rotatable bonds is 2. The molecule has 1 fully saturated rings. The molecule has 0 aromatic heterocycles. The van der Waals surface area contributed by atoms with E-state index in [9.17, 15) is 18.4 Å². The Labute approximate surface area is 162 Å². The summed E-state index contributed by atoms with van der Waals surface area (Å²) in [5.41, 5.74) is 2.17. The molecule has 2 aromatic carbocycles. The molecule has 2 aliphatic rings. The average molecular weight is 385 g/mol. The fourth-order valence-electron chi connectivity index (χ4n) is 3.95. The number of carbonyl (C=O) groups is 2. The van der Waals surface area contributed by atoms with Gasteiger partial charge in [-0.25, -0.2) is 8.78 Å². The van der Waals surface area contributed by atoms with Crippen LogP contribution in [-0.2, 0) is 16.1 Å². The molecule has 2 aromatic rings. The third kappa shape index (κ3) is 3.32. The van der Waals surface area contributed by atoms with Crippen LogP contribution in [0.4, 0.5) is 20.2 Å². The highest BCUT2D eigenvalue weighted by atomic mass is 19.1. The van der Waals surface area contributed by atoms with Crippen molar-refractivity contribution in [3.63, 3.8) is 0 Å². The second-order valence-corrected chi connectivity index (χ2v) is 7.31. The number of hydrogen-bond donors (Lipinski definition) is 0. The fraction of sp³-hybridized carbons (Fsp3) is 0.333. The van der Waals surface area contributed by atoms with Crippen LogP contribution in [0.25, 0.3) is 0 Å². The van der Waals surface area contributed by atoms with Crippen LogP contribution < -0.4 is 9.80 Å². The first-order chi connectivity index (χ1) is 13.4. The van der Waals surface area contributed by atoms with Gasteiger partial charge in [0.05, 0.1) is 11.6 Å². The summed E-state index contributed by atoms with van der Waals surface area (Å²) < 4.78 is 27.2. The van der Waals surface area contributed by atoms with Crippen molar-refractivity contribution in [1.29, 1.82) is 0 Å². The number of benzene rings is 2. The largest absolute Gasteiger partial charge is 0.373 e. The molecule has 0 bridgehead atoms. The molecule has 4 rings (SSSR count). The van der Waals surface area contributed by atoms with E-state index in [-0.39, 0.29) is 30.5 Å². The summed E-state index contributed by atoms with van der Waals surface area (Å²) in [6, 6.07) is 11.0. The van der Waals surface area contributed by atoms with Crippen LogP contribution in [0.15, 0.2) is 42.5 Å². The van der Waals surface area contributed by atoms with Gasteiger partial charge in [0.15, 0.2) is 0 Å². The smallest absolute Gasteiger partial charge is 0.228 e. The minimum Gasteiger partial charge on any atom is -0.373 e. The van der Waals surface area contributed by atoms with Gasteiger partial charge in [0.25, 0.3) is 0 Å². The Balaban J connectivity index is 1.52. The van der Waals surface area contributed by atoms with Gasteiger partial charge in [0, 0.05) is 51.4 Å². The maximum Gasteiger partial charge on any atom is 0.228 e. The zero-order valence-corrected chi connectivity index (χ0v) is 15.6. The molecule has 1 unspecified atom stereocenters. The van der Waals surface area contributed by atoms with E-state index in [0.717, 1.165) is 23.4 Å². The Morgan fingerprint density at radius 3 is 2.64 bits per heavy atom. The van der Waals surface area contributed by atoms with Crippen LogP contribution in [0, 0.1) is 17.6 Å². The van der Waals surface area contributed by atoms with Crippen LogP contribution in [0.2, 0.25) is 0 Å². The molecule has 0 spiro atoms. The number of amides is 2. The molecule has 146 valence electrons. The summed E-state index contributed by atoms with van der Waals surface area (Å²) in [5, 5.41) is 0. The zero-order valence-electron chi connectivity index (χ0n) is 15.6. The maximum absolute atomic E-state index is 14.1. The van der Waals surface area contributed by atoms with Crippen molar-refractivity contribution in [2.75, 3.05) is 36.5 Å². The van der Waals surface area contributed by atoms with Gasteiger partial charge in [-0.15, -0.1) is 0 Å². The molecule has 0 aliphatic carbocycles. The van der Waals surface area contributed by atoms with Crippen LogP contribution in [0.3, 0.4) is 0 Å². The Bertz CT molecular complexity index is 934. The number of nitrogens with zero attached hydrogens (tertiary/aromatic N) is 3. The molecule has 0 radical (unpaired) electrons. The third-order valence-electron chi connectivity index (χ3n) is 5.46. The van der Waals surface area contributed by atoms with Gasteiger partial charge in [-0.3, -0.25) is 9.59 Å². The number of fused-ring (bicyclic) bond motifs is 1. The van der Waals surface area contributed by atoms with Gasteiger partial charge in [0.2, 0.25) is 11.8 Å². The molecule has 1 atom stereocenters. The highest BCUT2D eigenvalue weighted by Crippen LogP contribution is 2.30. The molecule has 7 heteroatoms. The highest BCUT2D eigenvalue weighted by Gasteiger charge is 2.38. The summed E-state index contributed by atoms with van der Waals surface area (Å²) in [5.74, 6) is -2.47. The van der Waals surface area contributed by atoms with E-state index in [4.69, 9.17) is 0 Å². The van der Waals surface area contributed by atoms with Crippen molar-refractivity contribution in [1.82, 2.24) is 4.90 Å². The van der Waals surface area contributed by atoms with Crippen LogP contribution in [-0.4, -0.2) is 43.4 Å². The number of likely N-dealkylation sites (N-methyl/N-ethyl adjacent to an activating group) is 1. The fourth-order valence-corrected chi connectivity index (χ4v) is 3.95. The summed E-state index contributed by atoms with van der Waals surface area (Å²) in [4.78, 5) is 30.6. The first-order valence-electron chi connectivity index (χ1n) is 9.27. The summed E-state index contributed by atoms with van der Waals surface area (Å²) >= 11 is 0. The molecule has 0 saturated carbocycles. The molecule has 28 heavy (non-hydrogen) atoms. The summed E-state index contributed by atoms with van der Waals surface area (Å²) in [7, 11) is 1.99. The lowest BCUT2D eigenvalue weighted by molar-refractivity contribution is -0.136. The maximum atomic E-state index is 14.1. The van der Waals surface area contributed by atoms with Crippen LogP contribution in [0.5, 0.6) is 0 Å². The lowest BCUT2D eigenvalue weighted by Crippen LogP contribution is -2.39. The molecule has 2 aliphatic heterocycles. The van der Waals surface area contributed by atoms with E-state index in [1.54, 1.807) is 4.90 Å². The number of para-hydroxylation sites is 1. The van der Waals surface area contributed by atoms with E-state index in [1.807, 2.05) is 31.3 Å². The molecule has 1 saturated heterocycles. The standard InChI is InChI=1S/C21H21F2N3O2/c1-24-8-9-25(12-14-4-2-3-5-18(14)24)21(28)15-10-20(27)26(13-15)19-7-6-16(22)11-17(19)23/h2-7,11,15H,8-10,12-13H2,1H3. The summed E-state index contributed by atoms with van der Waals surface area (Å²) in [6.45, 7) is 1.84. The quantitative estimate of drug-likeness (QED) is 0.799. The van der Waals surface area contributed by atoms with E-state index >= 15 is 0 Å². The first-order valence-corrected chi connectivity index (χ1v) is 9.27. The Kier molecular flexibility index (Phi) is 4.75. The normalized spacial score (nSPS) is 19.6. The molecular formula is C21H21F2N3O2. The van der Waals surface area contributed by atoms with Gasteiger partial charge in [-0.2, -0.15) is 0 Å². The van der Waals surface area contributed by atoms with E-state index in [2.05, 4.69) is 4.90 Å². The van der Waals surface area contributed by atoms with Crippen molar-refractivity contribution in [3.05, 3.63) is 59.7 Å². The monoisotopic (exact) mass is 385 g/mol. The minimum absolute atomic E-state index is 0.0163. The molecule has 0 N–H and O–H groups in total. The van der Waals surface area contributed by atoms with Crippen molar-refractivity contribution in [3.8, 4) is 0 Å². The lowest BCUT2D eigenvalue weighted by Gasteiger charge is -2.24. The molecular weight excluding hydrogens is 364 g/mol. The predicted molar refractivity (Wildman–Crippen MR) is 102 cm³/mol. The zero-order chi connectivity index (χ0) is 19.8. The van der Waals surface area contributed by atoms with E-state index < -0.39 is 17.6 Å². The van der Waals surface area contributed by atoms with Crippen molar-refractivity contribution in [2.24, 2.45) is 5.92 Å². The predicted octanol–water partition coefficient (Wildman–Crippen LogP) is 2.80. The van der Waals surface area contributed by atoms with Crippen LogP contribution in [0.1, 0.15) is 12.0 Å². The van der Waals surface area contributed by atoms with Crippen molar-refractivity contribution in [2.45, 2.75) is 13.0 Å². The molecule has 2 amide bonds. The Morgan fingerprint density at radius 1 is 1.07 bits per heavy atom. The Morgan fingerprint density at radius 2 is 1.86 bits per heavy atom. The van der Waals surface area contributed by atoms with Gasteiger partial charge < -0.3 is 14.7 Å². The van der Waals surface area contributed by atoms with E-state index in [0.29, 0.717) is 19.6 Å². The number of hydrogen-bond acceptors (Lipinski definition) is 3. The highest BCUT2D eigenvalue weighted by molar-refractivity contribution is 6.00. The lowest BCUT2D eigenvalue weighted by atomic mass is 10.1. The Hall–Kier alpha value is -2.96.